The van der Waals surface area contributed by atoms with Crippen molar-refractivity contribution in [2.75, 3.05) is 5.32 Å². The quantitative estimate of drug-likeness (QED) is 0.556. The maximum atomic E-state index is 12.4. The van der Waals surface area contributed by atoms with Crippen LogP contribution in [0.4, 0.5) is 16.3 Å². The van der Waals surface area contributed by atoms with Crippen molar-refractivity contribution in [3.63, 3.8) is 0 Å². The molecule has 2 aromatic rings. The number of H-pyrrole nitrogens is 1. The van der Waals surface area contributed by atoms with Gasteiger partial charge in [0.15, 0.2) is 5.82 Å². The van der Waals surface area contributed by atoms with Gasteiger partial charge in [0, 0.05) is 29.4 Å². The number of aromatic nitrogens is 2. The maximum Gasteiger partial charge on any atom is 0.407 e. The molecule has 1 saturated carbocycles. The van der Waals surface area contributed by atoms with E-state index in [4.69, 9.17) is 4.74 Å². The summed E-state index contributed by atoms with van der Waals surface area (Å²) in [7, 11) is -3.52. The number of hydrogen-bond acceptors (Lipinski definition) is 6. The van der Waals surface area contributed by atoms with E-state index in [-0.39, 0.29) is 29.1 Å². The Bertz CT molecular complexity index is 1090. The van der Waals surface area contributed by atoms with Crippen LogP contribution in [0.5, 0.6) is 0 Å². The number of alkyl carbamates (subject to hydrolysis) is 1. The largest absolute Gasteiger partial charge is 0.446 e. The van der Waals surface area contributed by atoms with E-state index in [1.54, 1.807) is 6.07 Å². The van der Waals surface area contributed by atoms with Crippen molar-refractivity contribution >= 4 is 27.6 Å². The number of aromatic amines is 1. The van der Waals surface area contributed by atoms with E-state index in [0.717, 1.165) is 30.5 Å². The highest BCUT2D eigenvalue weighted by molar-refractivity contribution is 7.89. The third kappa shape index (κ3) is 4.54. The first-order valence-electron chi connectivity index (χ1n) is 10.5. The number of ether oxygens (including phenoxy) is 1. The molecule has 1 aliphatic heterocycles. The lowest BCUT2D eigenvalue weighted by Gasteiger charge is -2.17. The first kappa shape index (κ1) is 21.6. The van der Waals surface area contributed by atoms with Crippen LogP contribution in [0.15, 0.2) is 29.2 Å². The van der Waals surface area contributed by atoms with Crippen LogP contribution in [0.25, 0.3) is 0 Å². The van der Waals surface area contributed by atoms with Crippen molar-refractivity contribution in [1.82, 2.24) is 20.2 Å². The van der Waals surface area contributed by atoms with Crippen molar-refractivity contribution in [2.45, 2.75) is 75.5 Å². The van der Waals surface area contributed by atoms with E-state index >= 15 is 0 Å². The number of hydrogen-bond donors (Lipinski definition) is 4. The maximum absolute atomic E-state index is 12.4. The number of benzene rings is 1. The molecule has 1 amide bonds. The Hall–Kier alpha value is -2.59. The van der Waals surface area contributed by atoms with Gasteiger partial charge in [-0.3, -0.25) is 5.10 Å². The number of nitrogens with zero attached hydrogens (tertiary/aromatic N) is 1. The topological polar surface area (TPSA) is 125 Å². The van der Waals surface area contributed by atoms with Crippen molar-refractivity contribution in [2.24, 2.45) is 0 Å². The van der Waals surface area contributed by atoms with Gasteiger partial charge in [-0.15, -0.1) is 0 Å². The van der Waals surface area contributed by atoms with Gasteiger partial charge in [-0.05, 0) is 64.7 Å². The summed E-state index contributed by atoms with van der Waals surface area (Å²) in [6.45, 7) is 7.47. The molecular weight excluding hydrogens is 418 g/mol. The average Bonchev–Trinajstić information content (AvgIpc) is 3.32. The van der Waals surface area contributed by atoms with Gasteiger partial charge in [0.25, 0.3) is 0 Å². The summed E-state index contributed by atoms with van der Waals surface area (Å²) >= 11 is 0. The van der Waals surface area contributed by atoms with E-state index in [0.29, 0.717) is 11.5 Å². The summed E-state index contributed by atoms with van der Waals surface area (Å²) in [6, 6.07) is 7.27. The zero-order chi connectivity index (χ0) is 22.4. The monoisotopic (exact) mass is 447 g/mol. The fraction of sp³-hybridized carbons (Fsp3) is 0.524. The minimum atomic E-state index is -3.52. The molecule has 1 aliphatic carbocycles. The first-order chi connectivity index (χ1) is 14.5. The molecule has 31 heavy (non-hydrogen) atoms. The summed E-state index contributed by atoms with van der Waals surface area (Å²) in [5, 5.41) is 13.3. The molecule has 1 aromatic heterocycles. The van der Waals surface area contributed by atoms with Crippen LogP contribution in [0.1, 0.15) is 64.1 Å². The lowest BCUT2D eigenvalue weighted by atomic mass is 9.95. The number of rotatable bonds is 5. The van der Waals surface area contributed by atoms with Crippen LogP contribution < -0.4 is 15.4 Å². The van der Waals surface area contributed by atoms with Crippen molar-refractivity contribution in [3.8, 4) is 0 Å². The summed E-state index contributed by atoms with van der Waals surface area (Å²) in [5.41, 5.74) is 1.74. The van der Waals surface area contributed by atoms with Gasteiger partial charge in [-0.1, -0.05) is 6.07 Å². The highest BCUT2D eigenvalue weighted by atomic mass is 32.2. The van der Waals surface area contributed by atoms with Crippen LogP contribution in [0, 0.1) is 0 Å². The Morgan fingerprint density at radius 1 is 1.26 bits per heavy atom. The highest BCUT2D eigenvalue weighted by Crippen LogP contribution is 2.38. The molecule has 1 fully saturated rings. The lowest BCUT2D eigenvalue weighted by molar-refractivity contribution is 0.0981. The van der Waals surface area contributed by atoms with Crippen LogP contribution in [0.2, 0.25) is 0 Å². The van der Waals surface area contributed by atoms with Gasteiger partial charge < -0.3 is 15.4 Å². The molecule has 1 aromatic carbocycles. The standard InChI is InChI=1S/C21H29N5O4S/c1-12(2)22-20(27)30-15-7-5-13(9-15)17-11-19(25-24-17)23-14-6-8-16-18(10-14)31(28,29)26-21(16,3)4/h6,8,10-13,15,26H,5,7,9H2,1-4H3,(H,22,27)(H2,23,24,25)/t13-,15+/m0/s1. The van der Waals surface area contributed by atoms with Gasteiger partial charge in [0.2, 0.25) is 10.0 Å². The molecule has 0 bridgehead atoms. The molecule has 2 heterocycles. The number of amides is 1. The van der Waals surface area contributed by atoms with E-state index in [1.807, 2.05) is 45.9 Å². The van der Waals surface area contributed by atoms with Crippen molar-refractivity contribution in [1.29, 1.82) is 0 Å². The Morgan fingerprint density at radius 3 is 2.77 bits per heavy atom. The Kier molecular flexibility index (Phi) is 5.47. The summed E-state index contributed by atoms with van der Waals surface area (Å²) < 4.78 is 33.0. The first-order valence-corrected chi connectivity index (χ1v) is 12.0. The van der Waals surface area contributed by atoms with Gasteiger partial charge in [-0.2, -0.15) is 5.10 Å². The molecule has 10 heteroatoms. The molecule has 168 valence electrons. The number of fused-ring (bicyclic) bond motifs is 1. The second-order valence-corrected chi connectivity index (χ2v) is 10.8. The van der Waals surface area contributed by atoms with Gasteiger partial charge in [0.1, 0.15) is 6.10 Å². The molecule has 0 saturated heterocycles. The fourth-order valence-corrected chi connectivity index (χ4v) is 6.08. The molecule has 4 rings (SSSR count). The van der Waals surface area contributed by atoms with Gasteiger partial charge in [-0.25, -0.2) is 17.9 Å². The molecule has 0 unspecified atom stereocenters. The molecular formula is C21H29N5O4S. The van der Waals surface area contributed by atoms with Crippen LogP contribution >= 0.6 is 0 Å². The second-order valence-electron chi connectivity index (χ2n) is 9.11. The number of carbonyl (C=O) groups excluding carboxylic acids is 1. The molecule has 2 atom stereocenters. The van der Waals surface area contributed by atoms with Crippen LogP contribution in [-0.2, 0) is 20.3 Å². The second kappa shape index (κ2) is 7.83. The normalized spacial score (nSPS) is 23.5. The summed E-state index contributed by atoms with van der Waals surface area (Å²) in [6.07, 6.45) is 1.96. The predicted octanol–water partition coefficient (Wildman–Crippen LogP) is 3.45. The molecule has 4 N–H and O–H groups in total. The van der Waals surface area contributed by atoms with Crippen LogP contribution in [0.3, 0.4) is 0 Å². The number of carbonyl (C=O) groups is 1. The molecule has 0 spiro atoms. The Labute approximate surface area is 182 Å². The van der Waals surface area contributed by atoms with E-state index in [9.17, 15) is 13.2 Å². The number of anilines is 2. The zero-order valence-corrected chi connectivity index (χ0v) is 19.0. The third-order valence-electron chi connectivity index (χ3n) is 5.71. The zero-order valence-electron chi connectivity index (χ0n) is 18.2. The van der Waals surface area contributed by atoms with Crippen molar-refractivity contribution < 1.29 is 17.9 Å². The SMILES string of the molecule is CC(C)NC(=O)O[C@@H]1CC[C@H](c2cc(Nc3ccc4c(c3)S(=O)(=O)NC4(C)C)n[nH]2)C1. The summed E-state index contributed by atoms with van der Waals surface area (Å²) in [5.74, 6) is 0.838. The van der Waals surface area contributed by atoms with E-state index in [2.05, 4.69) is 25.6 Å². The molecule has 0 radical (unpaired) electrons. The fourth-order valence-electron chi connectivity index (χ4n) is 4.29. The summed E-state index contributed by atoms with van der Waals surface area (Å²) in [4.78, 5) is 12.1. The molecule has 9 nitrogen and oxygen atoms in total. The molecule has 2 aliphatic rings. The third-order valence-corrected chi connectivity index (χ3v) is 7.40. The minimum Gasteiger partial charge on any atom is -0.446 e. The lowest BCUT2D eigenvalue weighted by Crippen LogP contribution is -2.33. The van der Waals surface area contributed by atoms with Crippen molar-refractivity contribution in [3.05, 3.63) is 35.5 Å². The highest BCUT2D eigenvalue weighted by Gasteiger charge is 2.39. The van der Waals surface area contributed by atoms with Gasteiger partial charge >= 0.3 is 6.09 Å². The van der Waals surface area contributed by atoms with E-state index in [1.165, 1.54) is 0 Å². The minimum absolute atomic E-state index is 0.0435. The van der Waals surface area contributed by atoms with Crippen LogP contribution in [-0.4, -0.2) is 36.9 Å². The Balaban J connectivity index is 1.41. The van der Waals surface area contributed by atoms with Gasteiger partial charge in [0.05, 0.1) is 10.4 Å². The van der Waals surface area contributed by atoms with E-state index < -0.39 is 15.6 Å². The predicted molar refractivity (Wildman–Crippen MR) is 117 cm³/mol. The smallest absolute Gasteiger partial charge is 0.407 e. The number of sulfonamides is 1. The number of nitrogens with one attached hydrogen (secondary N) is 4. The Morgan fingerprint density at radius 2 is 2.03 bits per heavy atom. The average molecular weight is 448 g/mol.